The van der Waals surface area contributed by atoms with Gasteiger partial charge in [0.1, 0.15) is 0 Å². The first kappa shape index (κ1) is 19.1. The monoisotopic (exact) mass is 324 g/mol. The Morgan fingerprint density at radius 2 is 1.43 bits per heavy atom. The van der Waals surface area contributed by atoms with Gasteiger partial charge in [0.2, 0.25) is 0 Å². The summed E-state index contributed by atoms with van der Waals surface area (Å²) in [7, 11) is 0. The van der Waals surface area contributed by atoms with Gasteiger partial charge < -0.3 is 19.3 Å². The molecule has 1 N–H and O–H groups in total. The van der Waals surface area contributed by atoms with Crippen molar-refractivity contribution in [2.24, 2.45) is 0 Å². The van der Waals surface area contributed by atoms with Crippen LogP contribution in [0.4, 0.5) is 0 Å². The van der Waals surface area contributed by atoms with Crippen LogP contribution in [0, 0.1) is 0 Å². The fourth-order valence-corrected chi connectivity index (χ4v) is 1.84. The maximum absolute atomic E-state index is 12.0. The van der Waals surface area contributed by atoms with Gasteiger partial charge in [-0.3, -0.25) is 0 Å². The molecular weight excluding hydrogens is 300 g/mol. The summed E-state index contributed by atoms with van der Waals surface area (Å²) in [6, 6.07) is 4.31. The molecule has 0 bridgehead atoms. The minimum absolute atomic E-state index is 0.179. The normalized spacial score (nSPS) is 11.8. The van der Waals surface area contributed by atoms with E-state index in [-0.39, 0.29) is 24.3 Å². The van der Waals surface area contributed by atoms with Crippen LogP contribution in [0.5, 0.6) is 0 Å². The van der Waals surface area contributed by atoms with Gasteiger partial charge in [0.15, 0.2) is 6.29 Å². The molecule has 0 spiro atoms. The number of rotatable bonds is 9. The molecule has 0 radical (unpaired) electrons. The molecule has 23 heavy (non-hydrogen) atoms. The third-order valence-electron chi connectivity index (χ3n) is 2.91. The second-order valence-corrected chi connectivity index (χ2v) is 4.92. The first-order chi connectivity index (χ1) is 11.0. The van der Waals surface area contributed by atoms with Crippen LogP contribution >= 0.6 is 0 Å². The number of carbonyl (C=O) groups is 2. The zero-order valence-corrected chi connectivity index (χ0v) is 13.8. The second kappa shape index (κ2) is 9.97. The summed E-state index contributed by atoms with van der Waals surface area (Å²) < 4.78 is 15.3. The average molecular weight is 324 g/mol. The third-order valence-corrected chi connectivity index (χ3v) is 2.91. The van der Waals surface area contributed by atoms with Crippen LogP contribution in [0.2, 0.25) is 0 Å². The van der Waals surface area contributed by atoms with Crippen LogP contribution in [0.25, 0.3) is 0 Å². The molecule has 1 rings (SSSR count). The predicted octanol–water partition coefficient (Wildman–Crippen LogP) is 2.85. The third kappa shape index (κ3) is 6.00. The number of benzene rings is 1. The summed E-state index contributed by atoms with van der Waals surface area (Å²) in [5.41, 5.74) is 0.664. The molecule has 128 valence electrons. The van der Waals surface area contributed by atoms with Crippen molar-refractivity contribution in [1.82, 2.24) is 0 Å². The molecule has 0 aliphatic rings. The van der Waals surface area contributed by atoms with Crippen molar-refractivity contribution in [3.05, 3.63) is 34.9 Å². The van der Waals surface area contributed by atoms with Crippen LogP contribution in [-0.4, -0.2) is 36.9 Å². The lowest BCUT2D eigenvalue weighted by molar-refractivity contribution is -0.0980. The molecular formula is C17H24O6. The Bertz CT molecular complexity index is 488. The lowest BCUT2D eigenvalue weighted by Crippen LogP contribution is -2.13. The second-order valence-electron chi connectivity index (χ2n) is 4.92. The van der Waals surface area contributed by atoms with E-state index in [0.29, 0.717) is 25.0 Å². The highest BCUT2D eigenvalue weighted by atomic mass is 16.6. The molecule has 0 aliphatic carbocycles. The van der Waals surface area contributed by atoms with Crippen molar-refractivity contribution in [3.63, 3.8) is 0 Å². The number of esters is 2. The number of hydrogen-bond donors (Lipinski definition) is 1. The quantitative estimate of drug-likeness (QED) is 0.555. The highest BCUT2D eigenvalue weighted by Crippen LogP contribution is 2.20. The van der Waals surface area contributed by atoms with Gasteiger partial charge in [-0.2, -0.15) is 0 Å². The van der Waals surface area contributed by atoms with Crippen molar-refractivity contribution < 1.29 is 28.9 Å². The largest absolute Gasteiger partial charge is 0.462 e. The summed E-state index contributed by atoms with van der Waals surface area (Å²) >= 11 is 0. The first-order valence-electron chi connectivity index (χ1n) is 7.82. The van der Waals surface area contributed by atoms with Crippen molar-refractivity contribution in [2.45, 2.75) is 39.9 Å². The predicted molar refractivity (Wildman–Crippen MR) is 84.2 cm³/mol. The molecule has 0 saturated heterocycles. The van der Waals surface area contributed by atoms with E-state index in [4.69, 9.17) is 14.2 Å². The Labute approximate surface area is 136 Å². The zero-order chi connectivity index (χ0) is 17.2. The van der Waals surface area contributed by atoms with Crippen LogP contribution in [0.1, 0.15) is 66.2 Å². The smallest absolute Gasteiger partial charge is 0.338 e. The highest BCUT2D eigenvalue weighted by molar-refractivity contribution is 5.95. The number of aliphatic hydroxyl groups excluding tert-OH is 1. The van der Waals surface area contributed by atoms with E-state index in [1.165, 1.54) is 18.2 Å². The Kier molecular flexibility index (Phi) is 8.29. The summed E-state index contributed by atoms with van der Waals surface area (Å²) in [4.78, 5) is 24.1. The van der Waals surface area contributed by atoms with E-state index in [2.05, 4.69) is 0 Å². The van der Waals surface area contributed by atoms with Crippen molar-refractivity contribution in [2.75, 3.05) is 19.8 Å². The lowest BCUT2D eigenvalue weighted by atomic mass is 10.0. The fraction of sp³-hybridized carbons (Fsp3) is 0.529. The number of aliphatic hydroxyl groups is 1. The molecule has 1 unspecified atom stereocenters. The Hall–Kier alpha value is -1.92. The van der Waals surface area contributed by atoms with Gasteiger partial charge in [-0.15, -0.1) is 0 Å². The van der Waals surface area contributed by atoms with E-state index in [1.54, 1.807) is 6.92 Å². The molecule has 0 amide bonds. The molecule has 0 saturated carbocycles. The van der Waals surface area contributed by atoms with Gasteiger partial charge in [0.05, 0.1) is 24.3 Å². The SMILES string of the molecule is CCCOC(=O)c1cc(C(=O)OCCC)cc(C(O)OCC)c1. The first-order valence-corrected chi connectivity index (χ1v) is 7.82. The van der Waals surface area contributed by atoms with Gasteiger partial charge in [-0.05, 0) is 38.0 Å². The van der Waals surface area contributed by atoms with Crippen LogP contribution in [-0.2, 0) is 14.2 Å². The summed E-state index contributed by atoms with van der Waals surface area (Å²) in [6.07, 6.45) is 0.160. The van der Waals surface area contributed by atoms with Crippen LogP contribution in [0.3, 0.4) is 0 Å². The molecule has 6 nitrogen and oxygen atoms in total. The Morgan fingerprint density at radius 1 is 0.957 bits per heavy atom. The summed E-state index contributed by atoms with van der Waals surface area (Å²) in [5.74, 6) is -1.11. The van der Waals surface area contributed by atoms with Crippen molar-refractivity contribution >= 4 is 11.9 Å². The molecule has 0 heterocycles. The van der Waals surface area contributed by atoms with Crippen LogP contribution < -0.4 is 0 Å². The standard InChI is InChI=1S/C17H24O6/c1-4-7-22-16(19)13-9-12(15(18)21-6-3)10-14(11-13)17(20)23-8-5-2/h9-11,15,18H,4-8H2,1-3H3. The molecule has 1 aromatic carbocycles. The molecule has 1 atom stereocenters. The highest BCUT2D eigenvalue weighted by Gasteiger charge is 2.18. The van der Waals surface area contributed by atoms with Crippen molar-refractivity contribution in [1.29, 1.82) is 0 Å². The Balaban J connectivity index is 3.10. The van der Waals surface area contributed by atoms with Gasteiger partial charge >= 0.3 is 11.9 Å². The minimum atomic E-state index is -1.23. The van der Waals surface area contributed by atoms with E-state index in [0.717, 1.165) is 0 Å². The van der Waals surface area contributed by atoms with Crippen LogP contribution in [0.15, 0.2) is 18.2 Å². The summed E-state index contributed by atoms with van der Waals surface area (Å²) in [5, 5.41) is 9.96. The minimum Gasteiger partial charge on any atom is -0.462 e. The van der Waals surface area contributed by atoms with Gasteiger partial charge in [0.25, 0.3) is 0 Å². The maximum Gasteiger partial charge on any atom is 0.338 e. The van der Waals surface area contributed by atoms with Gasteiger partial charge in [0, 0.05) is 12.2 Å². The zero-order valence-electron chi connectivity index (χ0n) is 13.8. The molecule has 0 fully saturated rings. The topological polar surface area (TPSA) is 82.1 Å². The number of ether oxygens (including phenoxy) is 3. The van der Waals surface area contributed by atoms with Gasteiger partial charge in [-0.1, -0.05) is 13.8 Å². The maximum atomic E-state index is 12.0. The lowest BCUT2D eigenvalue weighted by Gasteiger charge is -2.14. The number of hydrogen-bond acceptors (Lipinski definition) is 6. The van der Waals surface area contributed by atoms with E-state index in [9.17, 15) is 14.7 Å². The van der Waals surface area contributed by atoms with Gasteiger partial charge in [-0.25, -0.2) is 9.59 Å². The van der Waals surface area contributed by atoms with E-state index >= 15 is 0 Å². The van der Waals surface area contributed by atoms with E-state index in [1.807, 2.05) is 13.8 Å². The molecule has 0 aliphatic heterocycles. The average Bonchev–Trinajstić information content (AvgIpc) is 2.57. The Morgan fingerprint density at radius 3 is 1.83 bits per heavy atom. The number of carbonyl (C=O) groups excluding carboxylic acids is 2. The van der Waals surface area contributed by atoms with E-state index < -0.39 is 18.2 Å². The molecule has 1 aromatic rings. The van der Waals surface area contributed by atoms with Crippen molar-refractivity contribution in [3.8, 4) is 0 Å². The fourth-order valence-electron chi connectivity index (χ4n) is 1.84. The molecule has 0 aromatic heterocycles. The molecule has 6 heteroatoms. The summed E-state index contributed by atoms with van der Waals surface area (Å²) in [6.45, 7) is 6.37.